The van der Waals surface area contributed by atoms with Gasteiger partial charge < -0.3 is 9.73 Å². The summed E-state index contributed by atoms with van der Waals surface area (Å²) in [6.45, 7) is 2.97. The molecule has 0 fully saturated rings. The predicted octanol–water partition coefficient (Wildman–Crippen LogP) is 4.36. The molecule has 0 aliphatic carbocycles. The summed E-state index contributed by atoms with van der Waals surface area (Å²) in [6.07, 6.45) is 4.89. The molecule has 0 saturated heterocycles. The minimum Gasteiger partial charge on any atom is -0.472 e. The first kappa shape index (κ1) is 14.1. The second kappa shape index (κ2) is 6.73. The van der Waals surface area contributed by atoms with Crippen molar-refractivity contribution in [2.24, 2.45) is 0 Å². The fourth-order valence-electron chi connectivity index (χ4n) is 2.03. The molecule has 0 radical (unpaired) electrons. The second-order valence-electron chi connectivity index (χ2n) is 4.48. The highest BCUT2D eigenvalue weighted by Crippen LogP contribution is 2.24. The minimum atomic E-state index is -0.337. The standard InChI is InChI=1S/C15H17ClFNO/c1-2-7-18-14(12-6-8-19-10-12)9-11-4-3-5-13(16)15(11)17/h3-6,8,10,14,18H,2,7,9H2,1H3. The first-order valence-electron chi connectivity index (χ1n) is 6.40. The number of nitrogens with one attached hydrogen (secondary N) is 1. The van der Waals surface area contributed by atoms with Crippen molar-refractivity contribution in [2.75, 3.05) is 6.54 Å². The van der Waals surface area contributed by atoms with Gasteiger partial charge in [-0.2, -0.15) is 0 Å². The molecule has 1 aromatic heterocycles. The molecule has 0 spiro atoms. The lowest BCUT2D eigenvalue weighted by Gasteiger charge is -2.17. The van der Waals surface area contributed by atoms with Crippen LogP contribution in [0.5, 0.6) is 0 Å². The lowest BCUT2D eigenvalue weighted by molar-refractivity contribution is 0.501. The predicted molar refractivity (Wildman–Crippen MR) is 74.9 cm³/mol. The molecule has 2 rings (SSSR count). The zero-order valence-electron chi connectivity index (χ0n) is 10.8. The summed E-state index contributed by atoms with van der Waals surface area (Å²) in [6, 6.07) is 7.03. The number of benzene rings is 1. The van der Waals surface area contributed by atoms with E-state index in [0.717, 1.165) is 18.5 Å². The highest BCUT2D eigenvalue weighted by molar-refractivity contribution is 6.30. The van der Waals surface area contributed by atoms with Crippen molar-refractivity contribution < 1.29 is 8.81 Å². The highest BCUT2D eigenvalue weighted by Gasteiger charge is 2.16. The van der Waals surface area contributed by atoms with Gasteiger partial charge in [0.05, 0.1) is 17.5 Å². The van der Waals surface area contributed by atoms with Gasteiger partial charge in [0.2, 0.25) is 0 Å². The number of halogens is 2. The van der Waals surface area contributed by atoms with E-state index in [-0.39, 0.29) is 16.9 Å². The first-order chi connectivity index (χ1) is 9.22. The summed E-state index contributed by atoms with van der Waals surface area (Å²) < 4.78 is 19.0. The van der Waals surface area contributed by atoms with Crippen molar-refractivity contribution >= 4 is 11.6 Å². The van der Waals surface area contributed by atoms with Crippen molar-refractivity contribution in [3.8, 4) is 0 Å². The van der Waals surface area contributed by atoms with Crippen LogP contribution >= 0.6 is 11.6 Å². The van der Waals surface area contributed by atoms with E-state index in [4.69, 9.17) is 16.0 Å². The molecule has 1 heterocycles. The summed E-state index contributed by atoms with van der Waals surface area (Å²) in [4.78, 5) is 0. The largest absolute Gasteiger partial charge is 0.472 e. The van der Waals surface area contributed by atoms with Crippen molar-refractivity contribution in [1.29, 1.82) is 0 Å². The molecule has 4 heteroatoms. The Labute approximate surface area is 117 Å². The Hall–Kier alpha value is -1.32. The summed E-state index contributed by atoms with van der Waals surface area (Å²) in [5, 5.41) is 3.56. The van der Waals surface area contributed by atoms with Crippen LogP contribution in [0.15, 0.2) is 41.2 Å². The minimum absolute atomic E-state index is 0.0340. The van der Waals surface area contributed by atoms with E-state index < -0.39 is 0 Å². The van der Waals surface area contributed by atoms with E-state index in [0.29, 0.717) is 12.0 Å². The first-order valence-corrected chi connectivity index (χ1v) is 6.78. The average molecular weight is 282 g/mol. The Morgan fingerprint density at radius 1 is 1.37 bits per heavy atom. The Morgan fingerprint density at radius 3 is 2.89 bits per heavy atom. The molecule has 0 amide bonds. The van der Waals surface area contributed by atoms with Gasteiger partial charge in [0, 0.05) is 11.6 Å². The SMILES string of the molecule is CCCNC(Cc1cccc(Cl)c1F)c1ccoc1. The normalized spacial score (nSPS) is 12.6. The number of hydrogen-bond donors (Lipinski definition) is 1. The van der Waals surface area contributed by atoms with Crippen molar-refractivity contribution in [1.82, 2.24) is 5.32 Å². The number of rotatable bonds is 6. The van der Waals surface area contributed by atoms with Crippen LogP contribution in [0.2, 0.25) is 5.02 Å². The van der Waals surface area contributed by atoms with Gasteiger partial charge in [-0.3, -0.25) is 0 Å². The highest BCUT2D eigenvalue weighted by atomic mass is 35.5. The molecular weight excluding hydrogens is 265 g/mol. The van der Waals surface area contributed by atoms with Crippen molar-refractivity contribution in [2.45, 2.75) is 25.8 Å². The van der Waals surface area contributed by atoms with Crippen molar-refractivity contribution in [3.05, 3.63) is 58.8 Å². The fourth-order valence-corrected chi connectivity index (χ4v) is 2.22. The number of furan rings is 1. The summed E-state index contributed by atoms with van der Waals surface area (Å²) in [7, 11) is 0. The average Bonchev–Trinajstić information content (AvgIpc) is 2.93. The van der Waals surface area contributed by atoms with Gasteiger partial charge in [-0.15, -0.1) is 0 Å². The van der Waals surface area contributed by atoms with Gasteiger partial charge in [-0.1, -0.05) is 30.7 Å². The molecule has 19 heavy (non-hydrogen) atoms. The van der Waals surface area contributed by atoms with E-state index in [1.54, 1.807) is 30.7 Å². The quantitative estimate of drug-likeness (QED) is 0.851. The van der Waals surface area contributed by atoms with Crippen LogP contribution in [0.3, 0.4) is 0 Å². The molecule has 2 aromatic rings. The van der Waals surface area contributed by atoms with Crippen LogP contribution in [0, 0.1) is 5.82 Å². The Balaban J connectivity index is 2.18. The fraction of sp³-hybridized carbons (Fsp3) is 0.333. The van der Waals surface area contributed by atoms with Gasteiger partial charge in [-0.05, 0) is 37.1 Å². The zero-order valence-corrected chi connectivity index (χ0v) is 11.6. The third-order valence-corrected chi connectivity index (χ3v) is 3.33. The molecule has 0 aliphatic rings. The lowest BCUT2D eigenvalue weighted by Crippen LogP contribution is -2.24. The maximum atomic E-state index is 13.9. The zero-order chi connectivity index (χ0) is 13.7. The topological polar surface area (TPSA) is 25.2 Å². The lowest BCUT2D eigenvalue weighted by atomic mass is 10.0. The van der Waals surface area contributed by atoms with E-state index in [1.807, 2.05) is 6.07 Å². The Bertz CT molecular complexity index is 513. The van der Waals surface area contributed by atoms with E-state index in [2.05, 4.69) is 12.2 Å². The van der Waals surface area contributed by atoms with Crippen LogP contribution < -0.4 is 5.32 Å². The molecule has 1 N–H and O–H groups in total. The van der Waals surface area contributed by atoms with Gasteiger partial charge in [-0.25, -0.2) is 4.39 Å². The maximum Gasteiger partial charge on any atom is 0.145 e. The van der Waals surface area contributed by atoms with E-state index in [1.165, 1.54) is 0 Å². The summed E-state index contributed by atoms with van der Waals surface area (Å²) in [5.74, 6) is -0.337. The summed E-state index contributed by atoms with van der Waals surface area (Å²) >= 11 is 5.81. The molecule has 0 saturated carbocycles. The molecular formula is C15H17ClFNO. The second-order valence-corrected chi connectivity index (χ2v) is 4.89. The molecule has 2 nitrogen and oxygen atoms in total. The van der Waals surface area contributed by atoms with Crippen LogP contribution in [-0.4, -0.2) is 6.54 Å². The third kappa shape index (κ3) is 3.58. The summed E-state index contributed by atoms with van der Waals surface area (Å²) in [5.41, 5.74) is 1.63. The van der Waals surface area contributed by atoms with Gasteiger partial charge in [0.15, 0.2) is 0 Å². The molecule has 1 unspecified atom stereocenters. The van der Waals surface area contributed by atoms with E-state index in [9.17, 15) is 4.39 Å². The van der Waals surface area contributed by atoms with Gasteiger partial charge in [0.1, 0.15) is 5.82 Å². The van der Waals surface area contributed by atoms with Crippen LogP contribution in [0.4, 0.5) is 4.39 Å². The number of hydrogen-bond acceptors (Lipinski definition) is 2. The molecule has 102 valence electrons. The monoisotopic (exact) mass is 281 g/mol. The Morgan fingerprint density at radius 2 is 2.21 bits per heavy atom. The van der Waals surface area contributed by atoms with Crippen LogP contribution in [0.1, 0.15) is 30.5 Å². The van der Waals surface area contributed by atoms with Gasteiger partial charge >= 0.3 is 0 Å². The van der Waals surface area contributed by atoms with E-state index >= 15 is 0 Å². The third-order valence-electron chi connectivity index (χ3n) is 3.04. The molecule has 1 aromatic carbocycles. The van der Waals surface area contributed by atoms with Gasteiger partial charge in [0.25, 0.3) is 0 Å². The smallest absolute Gasteiger partial charge is 0.145 e. The van der Waals surface area contributed by atoms with Crippen LogP contribution in [0.25, 0.3) is 0 Å². The van der Waals surface area contributed by atoms with Crippen molar-refractivity contribution in [3.63, 3.8) is 0 Å². The molecule has 0 bridgehead atoms. The van der Waals surface area contributed by atoms with Crippen LogP contribution in [-0.2, 0) is 6.42 Å². The maximum absolute atomic E-state index is 13.9. The molecule has 1 atom stereocenters. The Kier molecular flexibility index (Phi) is 5.00. The molecule has 0 aliphatic heterocycles.